The van der Waals surface area contributed by atoms with E-state index < -0.39 is 0 Å². The molecule has 2 N–H and O–H groups in total. The SMILES string of the molecule is Cc1nc(-c2ccccc2)sc1C(=O)CN. The summed E-state index contributed by atoms with van der Waals surface area (Å²) in [6.45, 7) is 1.88. The van der Waals surface area contributed by atoms with Gasteiger partial charge in [-0.1, -0.05) is 30.3 Å². The van der Waals surface area contributed by atoms with Crippen molar-refractivity contribution in [3.8, 4) is 10.6 Å². The molecule has 0 unspecified atom stereocenters. The number of aromatic nitrogens is 1. The van der Waals surface area contributed by atoms with Gasteiger partial charge in [-0.3, -0.25) is 4.79 Å². The molecule has 1 aromatic heterocycles. The number of ketones is 1. The molecule has 0 saturated heterocycles. The molecule has 0 saturated carbocycles. The molecule has 0 amide bonds. The van der Waals surface area contributed by atoms with Crippen LogP contribution in [0.3, 0.4) is 0 Å². The van der Waals surface area contributed by atoms with E-state index in [1.165, 1.54) is 11.3 Å². The van der Waals surface area contributed by atoms with E-state index in [9.17, 15) is 4.79 Å². The maximum Gasteiger partial charge on any atom is 0.188 e. The fourth-order valence-corrected chi connectivity index (χ4v) is 2.47. The second kappa shape index (κ2) is 4.55. The van der Waals surface area contributed by atoms with Gasteiger partial charge in [-0.2, -0.15) is 0 Å². The molecule has 16 heavy (non-hydrogen) atoms. The molecule has 3 nitrogen and oxygen atoms in total. The smallest absolute Gasteiger partial charge is 0.188 e. The maximum absolute atomic E-state index is 11.5. The minimum atomic E-state index is -0.0443. The Labute approximate surface area is 97.9 Å². The molecule has 0 spiro atoms. The third kappa shape index (κ3) is 2.03. The summed E-state index contributed by atoms with van der Waals surface area (Å²) in [6, 6.07) is 9.83. The van der Waals surface area contributed by atoms with Crippen molar-refractivity contribution in [3.05, 3.63) is 40.9 Å². The molecule has 1 heterocycles. The van der Waals surface area contributed by atoms with Gasteiger partial charge < -0.3 is 5.73 Å². The number of nitrogens with two attached hydrogens (primary N) is 1. The Balaban J connectivity index is 2.42. The summed E-state index contributed by atoms with van der Waals surface area (Å²) in [6.07, 6.45) is 0. The van der Waals surface area contributed by atoms with Gasteiger partial charge in [0.2, 0.25) is 0 Å². The van der Waals surface area contributed by atoms with Crippen LogP contribution >= 0.6 is 11.3 Å². The van der Waals surface area contributed by atoms with E-state index >= 15 is 0 Å². The number of carbonyl (C=O) groups is 1. The minimum absolute atomic E-state index is 0.0390. The second-order valence-corrected chi connectivity index (χ2v) is 4.43. The summed E-state index contributed by atoms with van der Waals surface area (Å²) in [4.78, 5) is 16.6. The van der Waals surface area contributed by atoms with Crippen LogP contribution in [0, 0.1) is 6.92 Å². The van der Waals surface area contributed by atoms with Crippen LogP contribution in [0.2, 0.25) is 0 Å². The van der Waals surface area contributed by atoms with E-state index in [-0.39, 0.29) is 12.3 Å². The largest absolute Gasteiger partial charge is 0.324 e. The van der Waals surface area contributed by atoms with Gasteiger partial charge in [0.05, 0.1) is 17.1 Å². The summed E-state index contributed by atoms with van der Waals surface area (Å²) in [5.41, 5.74) is 7.15. The number of hydrogen-bond donors (Lipinski definition) is 1. The first-order valence-corrected chi connectivity index (χ1v) is 5.80. The van der Waals surface area contributed by atoms with E-state index in [4.69, 9.17) is 5.73 Å². The Morgan fingerprint density at radius 1 is 1.38 bits per heavy atom. The van der Waals surface area contributed by atoms with Crippen molar-refractivity contribution in [2.24, 2.45) is 5.73 Å². The third-order valence-electron chi connectivity index (χ3n) is 2.26. The monoisotopic (exact) mass is 232 g/mol. The van der Waals surface area contributed by atoms with Gasteiger partial charge in [-0.15, -0.1) is 11.3 Å². The van der Waals surface area contributed by atoms with Crippen molar-refractivity contribution in [1.82, 2.24) is 4.98 Å². The maximum atomic E-state index is 11.5. The van der Waals surface area contributed by atoms with E-state index in [1.807, 2.05) is 37.3 Å². The second-order valence-electron chi connectivity index (χ2n) is 3.43. The lowest BCUT2D eigenvalue weighted by Gasteiger charge is -1.93. The number of aryl methyl sites for hydroxylation is 1. The van der Waals surface area contributed by atoms with Crippen molar-refractivity contribution >= 4 is 17.1 Å². The lowest BCUT2D eigenvalue weighted by Crippen LogP contribution is -2.13. The Kier molecular flexibility index (Phi) is 3.12. The number of Topliss-reactive ketones (excluding diaryl/α,β-unsaturated/α-hetero) is 1. The van der Waals surface area contributed by atoms with Gasteiger partial charge >= 0.3 is 0 Å². The van der Waals surface area contributed by atoms with Crippen LogP contribution in [0.25, 0.3) is 10.6 Å². The van der Waals surface area contributed by atoms with E-state index in [0.717, 1.165) is 16.3 Å². The number of carbonyl (C=O) groups excluding carboxylic acids is 1. The average Bonchev–Trinajstić information content (AvgIpc) is 2.71. The molecule has 0 fully saturated rings. The zero-order chi connectivity index (χ0) is 11.5. The van der Waals surface area contributed by atoms with Crippen LogP contribution < -0.4 is 5.73 Å². The molecule has 82 valence electrons. The summed E-state index contributed by atoms with van der Waals surface area (Å²) >= 11 is 1.40. The lowest BCUT2D eigenvalue weighted by atomic mass is 10.2. The minimum Gasteiger partial charge on any atom is -0.324 e. The first-order valence-electron chi connectivity index (χ1n) is 4.98. The molecule has 0 aliphatic carbocycles. The summed E-state index contributed by atoms with van der Waals surface area (Å²) in [5, 5.41) is 0.870. The standard InChI is InChI=1S/C12H12N2OS/c1-8-11(10(15)7-13)16-12(14-8)9-5-3-2-4-6-9/h2-6H,7,13H2,1H3. The Bertz CT molecular complexity index is 505. The summed E-state index contributed by atoms with van der Waals surface area (Å²) < 4.78 is 0. The third-order valence-corrected chi connectivity index (χ3v) is 3.50. The first-order chi connectivity index (χ1) is 7.72. The van der Waals surface area contributed by atoms with Gasteiger partial charge in [-0.05, 0) is 6.92 Å². The zero-order valence-corrected chi connectivity index (χ0v) is 9.75. The van der Waals surface area contributed by atoms with Crippen molar-refractivity contribution in [2.45, 2.75) is 6.92 Å². The van der Waals surface area contributed by atoms with Gasteiger partial charge in [0, 0.05) is 5.56 Å². The molecule has 0 atom stereocenters. The fraction of sp³-hybridized carbons (Fsp3) is 0.167. The molecule has 0 aliphatic rings. The van der Waals surface area contributed by atoms with Crippen LogP contribution in [-0.2, 0) is 0 Å². The van der Waals surface area contributed by atoms with Crippen molar-refractivity contribution in [2.75, 3.05) is 6.54 Å². The highest BCUT2D eigenvalue weighted by molar-refractivity contribution is 7.17. The molecule has 0 bridgehead atoms. The quantitative estimate of drug-likeness (QED) is 0.826. The number of rotatable bonds is 3. The van der Waals surface area contributed by atoms with Gasteiger partial charge in [0.15, 0.2) is 5.78 Å². The number of benzene rings is 1. The van der Waals surface area contributed by atoms with Crippen molar-refractivity contribution in [3.63, 3.8) is 0 Å². The molecule has 1 aromatic carbocycles. The van der Waals surface area contributed by atoms with E-state index in [2.05, 4.69) is 4.98 Å². The number of hydrogen-bond acceptors (Lipinski definition) is 4. The van der Waals surface area contributed by atoms with E-state index in [0.29, 0.717) is 4.88 Å². The van der Waals surface area contributed by atoms with Crippen LogP contribution in [0.5, 0.6) is 0 Å². The number of thiazole rings is 1. The highest BCUT2D eigenvalue weighted by Gasteiger charge is 2.14. The molecular formula is C12H12N2OS. The van der Waals surface area contributed by atoms with Crippen LogP contribution in [-0.4, -0.2) is 17.3 Å². The first kappa shape index (κ1) is 11.0. The predicted molar refractivity (Wildman–Crippen MR) is 65.7 cm³/mol. The molecule has 2 rings (SSSR count). The van der Waals surface area contributed by atoms with Crippen molar-refractivity contribution in [1.29, 1.82) is 0 Å². The Morgan fingerprint density at radius 2 is 2.06 bits per heavy atom. The molecule has 0 aliphatic heterocycles. The Hall–Kier alpha value is -1.52. The lowest BCUT2D eigenvalue weighted by molar-refractivity contribution is 0.100. The molecule has 0 radical (unpaired) electrons. The molecule has 4 heteroatoms. The number of nitrogens with zero attached hydrogens (tertiary/aromatic N) is 1. The zero-order valence-electron chi connectivity index (χ0n) is 8.93. The molecular weight excluding hydrogens is 220 g/mol. The van der Waals surface area contributed by atoms with Crippen LogP contribution in [0.15, 0.2) is 30.3 Å². The predicted octanol–water partition coefficient (Wildman–Crippen LogP) is 2.26. The van der Waals surface area contributed by atoms with Gasteiger partial charge in [-0.25, -0.2) is 4.98 Å². The van der Waals surface area contributed by atoms with E-state index in [1.54, 1.807) is 0 Å². The highest BCUT2D eigenvalue weighted by Crippen LogP contribution is 2.27. The normalized spacial score (nSPS) is 10.4. The summed E-state index contributed by atoms with van der Waals surface area (Å²) in [7, 11) is 0. The van der Waals surface area contributed by atoms with Gasteiger partial charge in [0.1, 0.15) is 5.01 Å². The van der Waals surface area contributed by atoms with Crippen LogP contribution in [0.4, 0.5) is 0 Å². The fourth-order valence-electron chi connectivity index (χ4n) is 1.45. The molecule has 2 aromatic rings. The average molecular weight is 232 g/mol. The topological polar surface area (TPSA) is 56.0 Å². The Morgan fingerprint density at radius 3 is 2.69 bits per heavy atom. The van der Waals surface area contributed by atoms with Crippen LogP contribution in [0.1, 0.15) is 15.4 Å². The van der Waals surface area contributed by atoms with Gasteiger partial charge in [0.25, 0.3) is 0 Å². The van der Waals surface area contributed by atoms with Crippen molar-refractivity contribution < 1.29 is 4.79 Å². The summed E-state index contributed by atoms with van der Waals surface area (Å²) in [5.74, 6) is -0.0443. The highest BCUT2D eigenvalue weighted by atomic mass is 32.1.